The monoisotopic (exact) mass is 275 g/mol. The number of hydrogen-bond acceptors (Lipinski definition) is 5. The van der Waals surface area contributed by atoms with Gasteiger partial charge in [0.05, 0.1) is 11.1 Å². The first-order valence-electron chi connectivity index (χ1n) is 5.77. The normalized spacial score (nSPS) is 25.4. The summed E-state index contributed by atoms with van der Waals surface area (Å²) in [7, 11) is 0. The molecule has 1 fully saturated rings. The first-order chi connectivity index (χ1) is 9.50. The van der Waals surface area contributed by atoms with Gasteiger partial charge in [0.25, 0.3) is 17.7 Å². The molecule has 8 nitrogen and oxygen atoms in total. The van der Waals surface area contributed by atoms with E-state index in [1.54, 1.807) is 12.1 Å². The van der Waals surface area contributed by atoms with Crippen LogP contribution in [-0.4, -0.2) is 46.0 Å². The molecule has 2 atom stereocenters. The predicted octanol–water partition coefficient (Wildman–Crippen LogP) is -1.19. The Bertz CT molecular complexity index is 621. The van der Waals surface area contributed by atoms with E-state index in [0.29, 0.717) is 4.90 Å². The Balaban J connectivity index is 2.00. The summed E-state index contributed by atoms with van der Waals surface area (Å²) in [6.45, 7) is 0. The average molecular weight is 275 g/mol. The SMILES string of the molecule is O=C1NC(=O)[C@H](N2C(=O)c3ccccc3C2=O)C(O)N1. The molecule has 3 rings (SSSR count). The van der Waals surface area contributed by atoms with Gasteiger partial charge in [0.15, 0.2) is 12.3 Å². The molecule has 3 N–H and O–H groups in total. The molecule has 8 heteroatoms. The lowest BCUT2D eigenvalue weighted by Crippen LogP contribution is -2.67. The maximum absolute atomic E-state index is 12.2. The second kappa shape index (κ2) is 4.14. The Morgan fingerprint density at radius 1 is 1.00 bits per heavy atom. The number of fused-ring (bicyclic) bond motifs is 1. The summed E-state index contributed by atoms with van der Waals surface area (Å²) in [5.41, 5.74) is 0.323. The van der Waals surface area contributed by atoms with Crippen LogP contribution in [-0.2, 0) is 4.79 Å². The summed E-state index contributed by atoms with van der Waals surface area (Å²) in [6, 6.07) is 3.73. The third-order valence-corrected chi connectivity index (χ3v) is 3.19. The Morgan fingerprint density at radius 2 is 1.55 bits per heavy atom. The van der Waals surface area contributed by atoms with Gasteiger partial charge in [-0.15, -0.1) is 0 Å². The molecule has 0 aliphatic carbocycles. The second-order valence-electron chi connectivity index (χ2n) is 4.38. The van der Waals surface area contributed by atoms with E-state index in [1.807, 2.05) is 10.6 Å². The van der Waals surface area contributed by atoms with Crippen molar-refractivity contribution in [3.63, 3.8) is 0 Å². The van der Waals surface area contributed by atoms with Crippen LogP contribution < -0.4 is 10.6 Å². The van der Waals surface area contributed by atoms with Crippen molar-refractivity contribution in [2.45, 2.75) is 12.3 Å². The minimum Gasteiger partial charge on any atom is -0.371 e. The number of aliphatic hydroxyl groups excluding tert-OH is 1. The maximum atomic E-state index is 12.2. The Hall–Kier alpha value is -2.74. The fourth-order valence-corrected chi connectivity index (χ4v) is 2.30. The van der Waals surface area contributed by atoms with Gasteiger partial charge in [-0.25, -0.2) is 4.79 Å². The molecule has 102 valence electrons. The molecule has 2 heterocycles. The molecule has 0 spiro atoms. The summed E-state index contributed by atoms with van der Waals surface area (Å²) in [5.74, 6) is -2.27. The number of rotatable bonds is 1. The van der Waals surface area contributed by atoms with Crippen molar-refractivity contribution in [3.05, 3.63) is 35.4 Å². The van der Waals surface area contributed by atoms with E-state index in [-0.39, 0.29) is 11.1 Å². The number of amides is 5. The van der Waals surface area contributed by atoms with Gasteiger partial charge in [-0.1, -0.05) is 12.1 Å². The van der Waals surface area contributed by atoms with E-state index in [0.717, 1.165) is 0 Å². The number of carbonyl (C=O) groups excluding carboxylic acids is 4. The van der Waals surface area contributed by atoms with E-state index in [9.17, 15) is 24.3 Å². The van der Waals surface area contributed by atoms with Crippen molar-refractivity contribution in [1.82, 2.24) is 15.5 Å². The van der Waals surface area contributed by atoms with Crippen molar-refractivity contribution in [2.75, 3.05) is 0 Å². The van der Waals surface area contributed by atoms with Crippen molar-refractivity contribution in [2.24, 2.45) is 0 Å². The van der Waals surface area contributed by atoms with Gasteiger partial charge in [-0.2, -0.15) is 0 Å². The predicted molar refractivity (Wildman–Crippen MR) is 63.4 cm³/mol. The highest BCUT2D eigenvalue weighted by Crippen LogP contribution is 2.25. The van der Waals surface area contributed by atoms with Crippen LogP contribution in [0.4, 0.5) is 4.79 Å². The summed E-state index contributed by atoms with van der Waals surface area (Å²) in [4.78, 5) is 47.8. The zero-order chi connectivity index (χ0) is 14.4. The van der Waals surface area contributed by atoms with E-state index in [2.05, 4.69) is 0 Å². The maximum Gasteiger partial charge on any atom is 0.323 e. The largest absolute Gasteiger partial charge is 0.371 e. The van der Waals surface area contributed by atoms with Gasteiger partial charge >= 0.3 is 6.03 Å². The van der Waals surface area contributed by atoms with Crippen molar-refractivity contribution >= 4 is 23.8 Å². The molecule has 20 heavy (non-hydrogen) atoms. The van der Waals surface area contributed by atoms with Crippen LogP contribution >= 0.6 is 0 Å². The lowest BCUT2D eigenvalue weighted by molar-refractivity contribution is -0.129. The number of hydrogen-bond donors (Lipinski definition) is 3. The van der Waals surface area contributed by atoms with Crippen LogP contribution in [0.25, 0.3) is 0 Å². The van der Waals surface area contributed by atoms with E-state index >= 15 is 0 Å². The molecule has 1 saturated heterocycles. The van der Waals surface area contributed by atoms with Crippen LogP contribution in [0.1, 0.15) is 20.7 Å². The molecule has 2 aliphatic heterocycles. The Kier molecular flexibility index (Phi) is 2.54. The third-order valence-electron chi connectivity index (χ3n) is 3.19. The summed E-state index contributed by atoms with van der Waals surface area (Å²) in [6.07, 6.45) is -1.64. The standard InChI is InChI=1S/C12H9N3O5/c16-8-7(9(17)14-12(20)13-8)15-10(18)5-3-1-2-4-6(5)11(15)19/h1-4,7-8,16H,(H2,13,14,17,20)/t7-,8?/m1/s1. The van der Waals surface area contributed by atoms with Gasteiger partial charge in [0.1, 0.15) is 0 Å². The molecule has 0 bridgehead atoms. The number of urea groups is 1. The highest BCUT2D eigenvalue weighted by atomic mass is 16.3. The Labute approximate surface area is 112 Å². The number of nitrogens with one attached hydrogen (secondary N) is 2. The molecule has 5 amide bonds. The molecule has 1 aromatic rings. The highest BCUT2D eigenvalue weighted by Gasteiger charge is 2.48. The highest BCUT2D eigenvalue weighted by molar-refractivity contribution is 6.23. The van der Waals surface area contributed by atoms with Crippen LogP contribution in [0.3, 0.4) is 0 Å². The van der Waals surface area contributed by atoms with Gasteiger partial charge < -0.3 is 10.4 Å². The van der Waals surface area contributed by atoms with E-state index in [1.165, 1.54) is 12.1 Å². The fourth-order valence-electron chi connectivity index (χ4n) is 2.30. The zero-order valence-corrected chi connectivity index (χ0v) is 9.99. The minimum atomic E-state index is -1.64. The third kappa shape index (κ3) is 1.58. The number of nitrogens with zero attached hydrogens (tertiary/aromatic N) is 1. The van der Waals surface area contributed by atoms with Gasteiger partial charge in [0, 0.05) is 0 Å². The second-order valence-corrected chi connectivity index (χ2v) is 4.38. The summed E-state index contributed by atoms with van der Waals surface area (Å²) < 4.78 is 0. The number of benzene rings is 1. The number of aliphatic hydroxyl groups is 1. The topological polar surface area (TPSA) is 116 Å². The first kappa shape index (κ1) is 12.3. The van der Waals surface area contributed by atoms with Crippen LogP contribution in [0.15, 0.2) is 24.3 Å². The van der Waals surface area contributed by atoms with Crippen molar-refractivity contribution < 1.29 is 24.3 Å². The van der Waals surface area contributed by atoms with Crippen molar-refractivity contribution in [3.8, 4) is 0 Å². The van der Waals surface area contributed by atoms with Crippen LogP contribution in [0, 0.1) is 0 Å². The van der Waals surface area contributed by atoms with Crippen LogP contribution in [0.5, 0.6) is 0 Å². The molecule has 2 aliphatic rings. The van der Waals surface area contributed by atoms with Crippen LogP contribution in [0.2, 0.25) is 0 Å². The zero-order valence-electron chi connectivity index (χ0n) is 9.99. The quantitative estimate of drug-likeness (QED) is 0.557. The molecule has 0 radical (unpaired) electrons. The number of carbonyl (C=O) groups is 4. The van der Waals surface area contributed by atoms with E-state index < -0.39 is 36.0 Å². The molecule has 0 aromatic heterocycles. The van der Waals surface area contributed by atoms with E-state index in [4.69, 9.17) is 0 Å². The van der Waals surface area contributed by atoms with Gasteiger partial charge in [-0.3, -0.25) is 24.6 Å². The molecule has 1 unspecified atom stereocenters. The van der Waals surface area contributed by atoms with Crippen molar-refractivity contribution in [1.29, 1.82) is 0 Å². The fraction of sp³-hybridized carbons (Fsp3) is 0.167. The smallest absolute Gasteiger partial charge is 0.323 e. The molecule has 1 aromatic carbocycles. The summed E-state index contributed by atoms with van der Waals surface area (Å²) >= 11 is 0. The average Bonchev–Trinajstić information content (AvgIpc) is 2.64. The Morgan fingerprint density at radius 3 is 2.05 bits per heavy atom. The lowest BCUT2D eigenvalue weighted by atomic mass is 10.1. The lowest BCUT2D eigenvalue weighted by Gasteiger charge is -2.32. The molecular formula is C12H9N3O5. The minimum absolute atomic E-state index is 0.161. The summed E-state index contributed by atoms with van der Waals surface area (Å²) in [5, 5.41) is 13.7. The molecular weight excluding hydrogens is 266 g/mol. The first-order valence-corrected chi connectivity index (χ1v) is 5.77. The van der Waals surface area contributed by atoms with Gasteiger partial charge in [-0.05, 0) is 12.1 Å². The number of imide groups is 2. The van der Waals surface area contributed by atoms with Gasteiger partial charge in [0.2, 0.25) is 0 Å². The molecule has 0 saturated carbocycles.